The number of ether oxygens (including phenoxy) is 2. The van der Waals surface area contributed by atoms with Gasteiger partial charge in [0.2, 0.25) is 6.79 Å². The number of fused-ring (bicyclic) bond motifs is 2. The van der Waals surface area contributed by atoms with E-state index in [1.807, 2.05) is 36.4 Å². The van der Waals surface area contributed by atoms with Crippen molar-refractivity contribution >= 4 is 40.1 Å². The lowest BCUT2D eigenvalue weighted by Gasteiger charge is -2.06. The fourth-order valence-corrected chi connectivity index (χ4v) is 2.50. The normalized spacial score (nSPS) is 12.7. The summed E-state index contributed by atoms with van der Waals surface area (Å²) in [5, 5.41) is 15.5. The van der Waals surface area contributed by atoms with Crippen molar-refractivity contribution in [2.75, 3.05) is 12.1 Å². The van der Waals surface area contributed by atoms with Gasteiger partial charge < -0.3 is 14.8 Å². The van der Waals surface area contributed by atoms with Gasteiger partial charge in [-0.15, -0.1) is 0 Å². The van der Waals surface area contributed by atoms with Crippen molar-refractivity contribution < 1.29 is 9.47 Å². The molecule has 8 heteroatoms. The summed E-state index contributed by atoms with van der Waals surface area (Å²) in [6, 6.07) is 11.4. The Morgan fingerprint density at radius 2 is 2.12 bits per heavy atom. The van der Waals surface area contributed by atoms with Crippen molar-refractivity contribution in [3.8, 4) is 11.5 Å². The molecule has 0 radical (unpaired) electrons. The summed E-state index contributed by atoms with van der Waals surface area (Å²) in [6.45, 7) is 0.253. The number of anilines is 1. The number of H-pyrrole nitrogens is 1. The van der Waals surface area contributed by atoms with Crippen LogP contribution in [-0.4, -0.2) is 28.3 Å². The number of aromatic nitrogens is 2. The van der Waals surface area contributed by atoms with E-state index in [9.17, 15) is 0 Å². The fraction of sp³-hybridized carbons (Fsp3) is 0.0625. The van der Waals surface area contributed by atoms with Gasteiger partial charge in [0.25, 0.3) is 0 Å². The fourth-order valence-electron chi connectivity index (χ4n) is 2.33. The molecule has 0 saturated heterocycles. The minimum absolute atomic E-state index is 0.253. The zero-order valence-corrected chi connectivity index (χ0v) is 13.3. The molecule has 2 heterocycles. The summed E-state index contributed by atoms with van der Waals surface area (Å²) in [5.41, 5.74) is 5.45. The van der Waals surface area contributed by atoms with Crippen LogP contribution >= 0.6 is 12.2 Å². The van der Waals surface area contributed by atoms with Crippen molar-refractivity contribution in [3.05, 3.63) is 48.2 Å². The lowest BCUT2D eigenvalue weighted by atomic mass is 10.2. The Hall–Kier alpha value is -3.13. The molecule has 1 aliphatic heterocycles. The predicted molar refractivity (Wildman–Crippen MR) is 95.6 cm³/mol. The number of benzene rings is 2. The molecular weight excluding hydrogens is 326 g/mol. The monoisotopic (exact) mass is 339 g/mol. The van der Waals surface area contributed by atoms with Gasteiger partial charge in [-0.05, 0) is 54.2 Å². The van der Waals surface area contributed by atoms with Crippen LogP contribution in [0.2, 0.25) is 0 Å². The number of nitrogens with one attached hydrogen (secondary N) is 3. The number of thiocarbonyl (C=S) groups is 1. The maximum Gasteiger partial charge on any atom is 0.231 e. The molecule has 24 heavy (non-hydrogen) atoms. The molecule has 0 unspecified atom stereocenters. The van der Waals surface area contributed by atoms with Crippen LogP contribution in [0.3, 0.4) is 0 Å². The lowest BCUT2D eigenvalue weighted by molar-refractivity contribution is 0.174. The van der Waals surface area contributed by atoms with Crippen molar-refractivity contribution in [2.45, 2.75) is 0 Å². The molecule has 3 aromatic rings. The van der Waals surface area contributed by atoms with E-state index in [1.54, 1.807) is 12.4 Å². The smallest absolute Gasteiger partial charge is 0.231 e. The van der Waals surface area contributed by atoms with Gasteiger partial charge in [0.05, 0.1) is 17.9 Å². The Morgan fingerprint density at radius 3 is 3.08 bits per heavy atom. The molecule has 4 rings (SSSR count). The van der Waals surface area contributed by atoms with Crippen molar-refractivity contribution in [2.24, 2.45) is 5.10 Å². The van der Waals surface area contributed by atoms with Crippen LogP contribution in [0, 0.1) is 0 Å². The van der Waals surface area contributed by atoms with Gasteiger partial charge in [0.1, 0.15) is 0 Å². The van der Waals surface area contributed by atoms with Gasteiger partial charge in [-0.25, -0.2) is 0 Å². The first-order chi connectivity index (χ1) is 11.8. The number of aromatic amines is 1. The van der Waals surface area contributed by atoms with E-state index in [-0.39, 0.29) is 6.79 Å². The molecule has 0 spiro atoms. The quantitative estimate of drug-likeness (QED) is 0.386. The molecular formula is C16H13N5O2S. The number of hydrogen-bond acceptors (Lipinski definition) is 5. The molecule has 120 valence electrons. The predicted octanol–water partition coefficient (Wildman–Crippen LogP) is 2.61. The van der Waals surface area contributed by atoms with Gasteiger partial charge in [-0.1, -0.05) is 0 Å². The highest BCUT2D eigenvalue weighted by atomic mass is 32.1. The highest BCUT2D eigenvalue weighted by molar-refractivity contribution is 7.80. The molecule has 0 fully saturated rings. The molecule has 3 N–H and O–H groups in total. The van der Waals surface area contributed by atoms with Crippen molar-refractivity contribution in [3.63, 3.8) is 0 Å². The van der Waals surface area contributed by atoms with Gasteiger partial charge in [-0.2, -0.15) is 10.2 Å². The van der Waals surface area contributed by atoms with E-state index in [1.165, 1.54) is 0 Å². The van der Waals surface area contributed by atoms with E-state index in [0.717, 1.165) is 27.9 Å². The highest BCUT2D eigenvalue weighted by Gasteiger charge is 2.12. The second kappa shape index (κ2) is 6.17. The summed E-state index contributed by atoms with van der Waals surface area (Å²) in [6.07, 6.45) is 3.43. The van der Waals surface area contributed by atoms with Crippen LogP contribution in [0.25, 0.3) is 10.9 Å². The van der Waals surface area contributed by atoms with Crippen LogP contribution in [0.1, 0.15) is 5.56 Å². The maximum absolute atomic E-state index is 5.32. The van der Waals surface area contributed by atoms with Crippen LogP contribution in [0.4, 0.5) is 5.69 Å². The Kier molecular flexibility index (Phi) is 3.72. The van der Waals surface area contributed by atoms with E-state index in [4.69, 9.17) is 21.7 Å². The van der Waals surface area contributed by atoms with Gasteiger partial charge in [0.15, 0.2) is 16.6 Å². The lowest BCUT2D eigenvalue weighted by Crippen LogP contribution is -2.23. The molecule has 7 nitrogen and oxygen atoms in total. The first kappa shape index (κ1) is 14.5. The van der Waals surface area contributed by atoms with Gasteiger partial charge >= 0.3 is 0 Å². The van der Waals surface area contributed by atoms with E-state index >= 15 is 0 Å². The Balaban J connectivity index is 1.37. The molecule has 0 atom stereocenters. The maximum atomic E-state index is 5.32. The third-order valence-corrected chi connectivity index (χ3v) is 3.67. The standard InChI is InChI=1S/C16H13N5O2S/c24-16(19-12-3-2-11-8-18-20-13(11)6-12)21-17-7-10-1-4-14-15(5-10)23-9-22-14/h1-8H,9H2,(H,18,20)(H2,19,21,24)/b17-7+. The highest BCUT2D eigenvalue weighted by Crippen LogP contribution is 2.31. The first-order valence-corrected chi connectivity index (χ1v) is 7.62. The third kappa shape index (κ3) is 2.99. The number of nitrogens with zero attached hydrogens (tertiary/aromatic N) is 2. The Morgan fingerprint density at radius 1 is 1.21 bits per heavy atom. The largest absolute Gasteiger partial charge is 0.454 e. The number of rotatable bonds is 3. The molecule has 1 aromatic heterocycles. The number of hydrazone groups is 1. The summed E-state index contributed by atoms with van der Waals surface area (Å²) in [4.78, 5) is 0. The average Bonchev–Trinajstić information content (AvgIpc) is 3.22. The summed E-state index contributed by atoms with van der Waals surface area (Å²) < 4.78 is 10.6. The van der Waals surface area contributed by atoms with Gasteiger partial charge in [-0.3, -0.25) is 10.5 Å². The van der Waals surface area contributed by atoms with Crippen LogP contribution in [-0.2, 0) is 0 Å². The van der Waals surface area contributed by atoms with Crippen molar-refractivity contribution in [1.29, 1.82) is 0 Å². The second-order valence-corrected chi connectivity index (χ2v) is 5.52. The molecule has 0 aliphatic carbocycles. The third-order valence-electron chi connectivity index (χ3n) is 3.48. The molecule has 0 amide bonds. The zero-order chi connectivity index (χ0) is 16.4. The van der Waals surface area contributed by atoms with E-state index < -0.39 is 0 Å². The van der Waals surface area contributed by atoms with Crippen LogP contribution in [0.15, 0.2) is 47.7 Å². The van der Waals surface area contributed by atoms with Gasteiger partial charge in [0, 0.05) is 11.1 Å². The summed E-state index contributed by atoms with van der Waals surface area (Å²) in [5.74, 6) is 1.46. The van der Waals surface area contributed by atoms with E-state index in [2.05, 4.69) is 26.0 Å². The second-order valence-electron chi connectivity index (χ2n) is 5.11. The topological polar surface area (TPSA) is 83.6 Å². The molecule has 0 saturated carbocycles. The average molecular weight is 339 g/mol. The summed E-state index contributed by atoms with van der Waals surface area (Å²) >= 11 is 5.23. The number of hydrogen-bond donors (Lipinski definition) is 3. The zero-order valence-electron chi connectivity index (χ0n) is 12.4. The Labute approximate surface area is 142 Å². The SMILES string of the molecule is S=C(N/N=C/c1ccc2c(c1)OCO2)Nc1ccc2cn[nH]c2c1. The summed E-state index contributed by atoms with van der Waals surface area (Å²) in [7, 11) is 0. The Bertz CT molecular complexity index is 937. The molecule has 0 bridgehead atoms. The van der Waals surface area contributed by atoms with E-state index in [0.29, 0.717) is 10.9 Å². The van der Waals surface area contributed by atoms with Crippen LogP contribution < -0.4 is 20.2 Å². The van der Waals surface area contributed by atoms with Crippen LogP contribution in [0.5, 0.6) is 11.5 Å². The first-order valence-electron chi connectivity index (χ1n) is 7.21. The van der Waals surface area contributed by atoms with Crippen molar-refractivity contribution in [1.82, 2.24) is 15.6 Å². The minimum atomic E-state index is 0.253. The molecule has 2 aromatic carbocycles. The molecule has 1 aliphatic rings. The minimum Gasteiger partial charge on any atom is -0.454 e.